The number of morpholine rings is 2. The third kappa shape index (κ3) is 17.0. The zero-order valence-corrected chi connectivity index (χ0v) is 42.4. The third-order valence-electron chi connectivity index (χ3n) is 12.8. The van der Waals surface area contributed by atoms with Crippen molar-refractivity contribution >= 4 is 23.2 Å². The van der Waals surface area contributed by atoms with E-state index in [1.807, 2.05) is 103 Å². The Hall–Kier alpha value is -7.60. The maximum atomic E-state index is 12.5. The number of carbonyl (C=O) groups excluding carboxylic acids is 2. The van der Waals surface area contributed by atoms with Gasteiger partial charge in [0, 0.05) is 73.4 Å². The Balaban J connectivity index is 0.000000152. The number of methoxy groups -OCH3 is 1. The van der Waals surface area contributed by atoms with E-state index in [1.54, 1.807) is 66.5 Å². The first-order valence-corrected chi connectivity index (χ1v) is 25.5. The fourth-order valence-electron chi connectivity index (χ4n) is 8.63. The van der Waals surface area contributed by atoms with E-state index in [0.29, 0.717) is 30.3 Å². The van der Waals surface area contributed by atoms with E-state index < -0.39 is 12.8 Å². The second-order valence-electron chi connectivity index (χ2n) is 18.3. The number of halogens is 3. The molecule has 0 aliphatic carbocycles. The SMILES string of the molecule is COc1ccc(C(=O)Nc2ccc(C3CNCCO3)cc2)cc1.FC(F)(F)COc1ccc[n+](-c2ccc(C3CCCNC3)cc2)c1.O=C(Nc1ccc(C2CNCCO2)cc1)c1ccc(OCc2ccccc2)cc1. The number of benzene rings is 6. The van der Waals surface area contributed by atoms with E-state index in [0.717, 1.165) is 91.1 Å². The summed E-state index contributed by atoms with van der Waals surface area (Å²) in [7, 11) is 1.60. The average molecular weight is 1040 g/mol. The third-order valence-corrected chi connectivity index (χ3v) is 12.8. The summed E-state index contributed by atoms with van der Waals surface area (Å²) in [4.78, 5) is 24.7. The number of pyridine rings is 1. The maximum absolute atomic E-state index is 12.5. The van der Waals surface area contributed by atoms with Crippen molar-refractivity contribution < 1.29 is 51.0 Å². The summed E-state index contributed by atoms with van der Waals surface area (Å²) in [6, 6.07) is 51.1. The van der Waals surface area contributed by atoms with Crippen LogP contribution in [-0.2, 0) is 16.1 Å². The Morgan fingerprint density at radius 2 is 1.13 bits per heavy atom. The van der Waals surface area contributed by atoms with Gasteiger partial charge in [-0.25, -0.2) is 0 Å². The molecular formula is C60H64F3N6O7+. The molecular weight excluding hydrogens is 974 g/mol. The van der Waals surface area contributed by atoms with Gasteiger partial charge in [0.15, 0.2) is 18.6 Å². The molecule has 3 unspecified atom stereocenters. The standard InChI is InChI=1S/C24H24N2O3.C18H20F3N2O.C18H20N2O3/c27-24(26-21-10-6-19(7-11-21)23-16-25-14-15-28-23)20-8-12-22(13-9-20)29-17-18-4-2-1-3-5-18;19-18(20,21)13-24-17-4-2-10-23(12-17)16-7-5-14(6-8-16)15-3-1-9-22-11-15;1-22-16-8-4-14(5-9-16)18(21)20-15-6-2-13(3-7-15)17-12-19-10-11-23-17/h1-13,23,25H,14-17H2,(H,26,27);2,4-8,10,12,15,22H,1,3,9,11,13H2;2-9,17,19H,10-12H2,1H3,(H,20,21)/q;+1;. The number of piperidine rings is 1. The molecule has 13 nitrogen and oxygen atoms in total. The van der Waals surface area contributed by atoms with Gasteiger partial charge in [-0.2, -0.15) is 17.7 Å². The molecule has 16 heteroatoms. The van der Waals surface area contributed by atoms with Crippen molar-refractivity contribution in [2.45, 2.75) is 43.8 Å². The highest BCUT2D eigenvalue weighted by atomic mass is 19.4. The van der Waals surface area contributed by atoms with Crippen LogP contribution in [0.15, 0.2) is 176 Å². The maximum Gasteiger partial charge on any atom is 0.422 e. The van der Waals surface area contributed by atoms with Crippen molar-refractivity contribution in [3.8, 4) is 22.9 Å². The van der Waals surface area contributed by atoms with E-state index in [4.69, 9.17) is 23.7 Å². The van der Waals surface area contributed by atoms with Crippen molar-refractivity contribution in [1.29, 1.82) is 0 Å². The molecule has 0 radical (unpaired) electrons. The molecule has 7 aromatic rings. The first kappa shape index (κ1) is 54.7. The van der Waals surface area contributed by atoms with Gasteiger partial charge in [0.1, 0.15) is 18.1 Å². The monoisotopic (exact) mass is 1040 g/mol. The second-order valence-corrected chi connectivity index (χ2v) is 18.3. The van der Waals surface area contributed by atoms with Crippen molar-refractivity contribution in [1.82, 2.24) is 16.0 Å². The highest BCUT2D eigenvalue weighted by Gasteiger charge is 2.29. The minimum atomic E-state index is -4.34. The molecule has 3 fully saturated rings. The first-order valence-electron chi connectivity index (χ1n) is 25.5. The Morgan fingerprint density at radius 3 is 1.63 bits per heavy atom. The van der Waals surface area contributed by atoms with Gasteiger partial charge in [0.05, 0.1) is 32.5 Å². The summed E-state index contributed by atoms with van der Waals surface area (Å²) in [6.45, 7) is 6.13. The van der Waals surface area contributed by atoms with E-state index >= 15 is 0 Å². The first-order chi connectivity index (χ1) is 37.0. The van der Waals surface area contributed by atoms with Gasteiger partial charge in [-0.15, -0.1) is 0 Å². The molecule has 0 bridgehead atoms. The van der Waals surface area contributed by atoms with Crippen LogP contribution in [-0.4, -0.2) is 84.2 Å². The van der Waals surface area contributed by atoms with Crippen LogP contribution in [0, 0.1) is 0 Å². The van der Waals surface area contributed by atoms with E-state index in [-0.39, 0.29) is 29.8 Å². The summed E-state index contributed by atoms with van der Waals surface area (Å²) >= 11 is 0. The number of nitrogens with one attached hydrogen (secondary N) is 5. The molecule has 1 aromatic heterocycles. The number of carbonyl (C=O) groups is 2. The number of nitrogens with zero attached hydrogens (tertiary/aromatic N) is 1. The smallest absolute Gasteiger partial charge is 0.422 e. The minimum Gasteiger partial charge on any atom is -0.497 e. The largest absolute Gasteiger partial charge is 0.497 e. The lowest BCUT2D eigenvalue weighted by Gasteiger charge is -2.24. The summed E-state index contributed by atoms with van der Waals surface area (Å²) in [5.41, 5.74) is 8.19. The topological polar surface area (TPSA) is 144 Å². The van der Waals surface area contributed by atoms with E-state index in [2.05, 4.69) is 38.7 Å². The lowest BCUT2D eigenvalue weighted by atomic mass is 9.91. The highest BCUT2D eigenvalue weighted by molar-refractivity contribution is 6.05. The van der Waals surface area contributed by atoms with Crippen molar-refractivity contribution in [2.75, 3.05) is 76.8 Å². The number of hydrogen-bond donors (Lipinski definition) is 5. The van der Waals surface area contributed by atoms with Gasteiger partial charge < -0.3 is 50.3 Å². The minimum absolute atomic E-state index is 0.0666. The summed E-state index contributed by atoms with van der Waals surface area (Å²) in [5, 5.41) is 15.8. The molecule has 0 spiro atoms. The van der Waals surface area contributed by atoms with Crippen LogP contribution >= 0.6 is 0 Å². The van der Waals surface area contributed by atoms with Crippen LogP contribution in [0.25, 0.3) is 5.69 Å². The van der Waals surface area contributed by atoms with Gasteiger partial charge in [-0.05, 0) is 126 Å². The molecule has 4 heterocycles. The zero-order chi connectivity index (χ0) is 53.0. The average Bonchev–Trinajstić information content (AvgIpc) is 3.48. The van der Waals surface area contributed by atoms with Crippen LogP contribution < -0.4 is 45.4 Å². The number of hydrogen-bond acceptors (Lipinski definition) is 10. The number of ether oxygens (including phenoxy) is 5. The molecule has 3 atom stereocenters. The molecule has 396 valence electrons. The Labute approximate surface area is 441 Å². The van der Waals surface area contributed by atoms with E-state index in [1.165, 1.54) is 24.5 Å². The zero-order valence-electron chi connectivity index (χ0n) is 42.4. The summed E-state index contributed by atoms with van der Waals surface area (Å²) in [5.74, 6) is 1.89. The predicted octanol–water partition coefficient (Wildman–Crippen LogP) is 10.2. The van der Waals surface area contributed by atoms with Crippen molar-refractivity contribution in [3.63, 3.8) is 0 Å². The fourth-order valence-corrected chi connectivity index (χ4v) is 8.63. The Kier molecular flexibility index (Phi) is 20.0. The quantitative estimate of drug-likeness (QED) is 0.0668. The molecule has 2 amide bonds. The summed E-state index contributed by atoms with van der Waals surface area (Å²) < 4.78 is 65.6. The highest BCUT2D eigenvalue weighted by Crippen LogP contribution is 2.26. The van der Waals surface area contributed by atoms with Crippen LogP contribution in [0.3, 0.4) is 0 Å². The van der Waals surface area contributed by atoms with Gasteiger partial charge in [-0.1, -0.05) is 66.7 Å². The summed E-state index contributed by atoms with van der Waals surface area (Å²) in [6.07, 6.45) is 1.52. The van der Waals surface area contributed by atoms with E-state index in [9.17, 15) is 22.8 Å². The number of rotatable bonds is 14. The van der Waals surface area contributed by atoms with Gasteiger partial charge >= 0.3 is 6.18 Å². The lowest BCUT2D eigenvalue weighted by molar-refractivity contribution is -0.596. The molecule has 3 saturated heterocycles. The number of anilines is 2. The number of amides is 2. The predicted molar refractivity (Wildman–Crippen MR) is 286 cm³/mol. The molecule has 3 aliphatic rings. The fraction of sp³-hybridized carbons (Fsp3) is 0.283. The molecule has 10 rings (SSSR count). The van der Waals surface area contributed by atoms with Crippen LogP contribution in [0.2, 0.25) is 0 Å². The number of aromatic nitrogens is 1. The molecule has 0 saturated carbocycles. The molecule has 3 aliphatic heterocycles. The number of alkyl halides is 3. The Morgan fingerprint density at radius 1 is 0.592 bits per heavy atom. The van der Waals surface area contributed by atoms with Crippen LogP contribution in [0.5, 0.6) is 17.2 Å². The van der Waals surface area contributed by atoms with Crippen molar-refractivity contribution in [2.24, 2.45) is 0 Å². The second kappa shape index (κ2) is 27.8. The lowest BCUT2D eigenvalue weighted by Crippen LogP contribution is -2.33. The van der Waals surface area contributed by atoms with Gasteiger partial charge in [-0.3, -0.25) is 9.59 Å². The molecule has 6 aromatic carbocycles. The normalized spacial score (nSPS) is 17.3. The Bertz CT molecular complexity index is 2860. The van der Waals surface area contributed by atoms with Crippen LogP contribution in [0.1, 0.15) is 73.9 Å². The van der Waals surface area contributed by atoms with Crippen molar-refractivity contribution in [3.05, 3.63) is 210 Å². The van der Waals surface area contributed by atoms with Gasteiger partial charge in [0.25, 0.3) is 11.8 Å². The molecule has 5 N–H and O–H groups in total. The van der Waals surface area contributed by atoms with Crippen LogP contribution in [0.4, 0.5) is 24.5 Å². The van der Waals surface area contributed by atoms with Gasteiger partial charge in [0.2, 0.25) is 11.9 Å². The molecule has 76 heavy (non-hydrogen) atoms.